The van der Waals surface area contributed by atoms with Gasteiger partial charge < -0.3 is 14.7 Å². The van der Waals surface area contributed by atoms with Crippen LogP contribution in [0.4, 0.5) is 0 Å². The summed E-state index contributed by atoms with van der Waals surface area (Å²) in [6.07, 6.45) is 1.49. The van der Waals surface area contributed by atoms with E-state index in [1.807, 2.05) is 6.92 Å². The summed E-state index contributed by atoms with van der Waals surface area (Å²) >= 11 is 0. The van der Waals surface area contributed by atoms with Crippen LogP contribution >= 0.6 is 0 Å². The van der Waals surface area contributed by atoms with Gasteiger partial charge in [0.05, 0.1) is 18.6 Å². The van der Waals surface area contributed by atoms with Gasteiger partial charge in [-0.3, -0.25) is 9.59 Å². The molecule has 1 amide bonds. The SMILES string of the molecule is COC(=O)[C@H]1CCCN(C(=O)c2cc(C)ccc2O)C1. The van der Waals surface area contributed by atoms with Crippen molar-refractivity contribution in [1.82, 2.24) is 4.90 Å². The first kappa shape index (κ1) is 14.4. The molecule has 5 heteroatoms. The summed E-state index contributed by atoms with van der Waals surface area (Å²) in [6, 6.07) is 4.93. The van der Waals surface area contributed by atoms with Gasteiger partial charge in [-0.2, -0.15) is 0 Å². The Morgan fingerprint density at radius 1 is 1.40 bits per heavy atom. The van der Waals surface area contributed by atoms with Crippen molar-refractivity contribution in [3.63, 3.8) is 0 Å². The van der Waals surface area contributed by atoms with Gasteiger partial charge in [0.1, 0.15) is 5.75 Å². The van der Waals surface area contributed by atoms with Crippen molar-refractivity contribution >= 4 is 11.9 Å². The Balaban J connectivity index is 2.16. The largest absolute Gasteiger partial charge is 0.507 e. The number of benzene rings is 1. The molecule has 0 bridgehead atoms. The lowest BCUT2D eigenvalue weighted by molar-refractivity contribution is -0.146. The van der Waals surface area contributed by atoms with Crippen LogP contribution in [0.25, 0.3) is 0 Å². The first-order valence-electron chi connectivity index (χ1n) is 6.69. The maximum atomic E-state index is 12.4. The Morgan fingerprint density at radius 2 is 2.15 bits per heavy atom. The van der Waals surface area contributed by atoms with Crippen LogP contribution in [-0.2, 0) is 9.53 Å². The van der Waals surface area contributed by atoms with Gasteiger partial charge in [-0.25, -0.2) is 0 Å². The number of phenolic OH excluding ortho intramolecular Hbond substituents is 1. The number of rotatable bonds is 2. The fourth-order valence-electron chi connectivity index (χ4n) is 2.51. The standard InChI is InChI=1S/C15H19NO4/c1-10-5-6-13(17)12(8-10)14(18)16-7-3-4-11(9-16)15(19)20-2/h5-6,8,11,17H,3-4,7,9H2,1-2H3/t11-/m0/s1. The summed E-state index contributed by atoms with van der Waals surface area (Å²) in [5.41, 5.74) is 1.20. The topological polar surface area (TPSA) is 66.8 Å². The molecule has 0 saturated carbocycles. The van der Waals surface area contributed by atoms with E-state index in [2.05, 4.69) is 0 Å². The quantitative estimate of drug-likeness (QED) is 0.836. The van der Waals surface area contributed by atoms with E-state index in [9.17, 15) is 14.7 Å². The average molecular weight is 277 g/mol. The minimum atomic E-state index is -0.282. The molecule has 1 heterocycles. The summed E-state index contributed by atoms with van der Waals surface area (Å²) in [5, 5.41) is 9.82. The van der Waals surface area contributed by atoms with Crippen LogP contribution in [-0.4, -0.2) is 42.1 Å². The van der Waals surface area contributed by atoms with Gasteiger partial charge in [0.2, 0.25) is 0 Å². The number of ether oxygens (including phenoxy) is 1. The van der Waals surface area contributed by atoms with E-state index >= 15 is 0 Å². The second-order valence-corrected chi connectivity index (χ2v) is 5.13. The highest BCUT2D eigenvalue weighted by atomic mass is 16.5. The fourth-order valence-corrected chi connectivity index (χ4v) is 2.51. The molecule has 0 aromatic heterocycles. The lowest BCUT2D eigenvalue weighted by Gasteiger charge is -2.31. The summed E-state index contributed by atoms with van der Waals surface area (Å²) in [6.45, 7) is 2.81. The molecule has 1 aliphatic heterocycles. The molecule has 1 N–H and O–H groups in total. The second-order valence-electron chi connectivity index (χ2n) is 5.13. The number of phenols is 1. The van der Waals surface area contributed by atoms with Gasteiger partial charge >= 0.3 is 5.97 Å². The number of hydrogen-bond acceptors (Lipinski definition) is 4. The monoisotopic (exact) mass is 277 g/mol. The number of piperidine rings is 1. The molecule has 0 radical (unpaired) electrons. The summed E-state index contributed by atoms with van der Waals surface area (Å²) < 4.78 is 4.74. The van der Waals surface area contributed by atoms with Gasteiger partial charge in [-0.15, -0.1) is 0 Å². The maximum Gasteiger partial charge on any atom is 0.310 e. The highest BCUT2D eigenvalue weighted by Crippen LogP contribution is 2.24. The zero-order valence-electron chi connectivity index (χ0n) is 11.8. The van der Waals surface area contributed by atoms with E-state index in [1.54, 1.807) is 17.0 Å². The van der Waals surface area contributed by atoms with E-state index < -0.39 is 0 Å². The van der Waals surface area contributed by atoms with Crippen molar-refractivity contribution in [3.05, 3.63) is 29.3 Å². The number of likely N-dealkylation sites (tertiary alicyclic amines) is 1. The van der Waals surface area contributed by atoms with Crippen molar-refractivity contribution < 1.29 is 19.4 Å². The van der Waals surface area contributed by atoms with Crippen molar-refractivity contribution in [3.8, 4) is 5.75 Å². The van der Waals surface area contributed by atoms with Crippen LogP contribution in [0.3, 0.4) is 0 Å². The number of aromatic hydroxyl groups is 1. The molecule has 1 fully saturated rings. The molecule has 0 aliphatic carbocycles. The van der Waals surface area contributed by atoms with E-state index in [0.29, 0.717) is 13.1 Å². The number of amides is 1. The molecule has 20 heavy (non-hydrogen) atoms. The normalized spacial score (nSPS) is 18.7. The fraction of sp³-hybridized carbons (Fsp3) is 0.467. The number of methoxy groups -OCH3 is 1. The predicted octanol–water partition coefficient (Wildman–Crippen LogP) is 1.73. The maximum absolute atomic E-state index is 12.4. The van der Waals surface area contributed by atoms with Crippen LogP contribution in [0, 0.1) is 12.8 Å². The Kier molecular flexibility index (Phi) is 4.27. The Hall–Kier alpha value is -2.04. The van der Waals surface area contributed by atoms with Crippen molar-refractivity contribution in [2.75, 3.05) is 20.2 Å². The molecular weight excluding hydrogens is 258 g/mol. The Morgan fingerprint density at radius 3 is 2.85 bits per heavy atom. The number of esters is 1. The third-order valence-electron chi connectivity index (χ3n) is 3.63. The van der Waals surface area contributed by atoms with E-state index in [0.717, 1.165) is 18.4 Å². The number of aryl methyl sites for hydroxylation is 1. The van der Waals surface area contributed by atoms with Crippen LogP contribution in [0.15, 0.2) is 18.2 Å². The predicted molar refractivity (Wildman–Crippen MR) is 73.5 cm³/mol. The number of hydrogen-bond donors (Lipinski definition) is 1. The van der Waals surface area contributed by atoms with E-state index in [-0.39, 0.29) is 29.1 Å². The molecule has 1 saturated heterocycles. The average Bonchev–Trinajstić information content (AvgIpc) is 2.48. The van der Waals surface area contributed by atoms with Gasteiger partial charge in [-0.05, 0) is 31.9 Å². The van der Waals surface area contributed by atoms with Crippen molar-refractivity contribution in [2.24, 2.45) is 5.92 Å². The summed E-state index contributed by atoms with van der Waals surface area (Å²) in [7, 11) is 1.36. The van der Waals surface area contributed by atoms with E-state index in [1.165, 1.54) is 13.2 Å². The minimum Gasteiger partial charge on any atom is -0.507 e. The molecule has 0 unspecified atom stereocenters. The molecule has 1 atom stereocenters. The van der Waals surface area contributed by atoms with Gasteiger partial charge in [0.25, 0.3) is 5.91 Å². The van der Waals surface area contributed by atoms with Crippen LogP contribution < -0.4 is 0 Å². The second kappa shape index (κ2) is 5.94. The highest BCUT2D eigenvalue weighted by Gasteiger charge is 2.30. The first-order valence-corrected chi connectivity index (χ1v) is 6.69. The molecule has 0 spiro atoms. The Bertz CT molecular complexity index is 527. The molecule has 1 aromatic rings. The highest BCUT2D eigenvalue weighted by molar-refractivity contribution is 5.97. The molecular formula is C15H19NO4. The molecule has 1 aromatic carbocycles. The Labute approximate surface area is 118 Å². The molecule has 2 rings (SSSR count). The number of nitrogens with zero attached hydrogens (tertiary/aromatic N) is 1. The van der Waals surface area contributed by atoms with Crippen LogP contribution in [0.2, 0.25) is 0 Å². The third kappa shape index (κ3) is 2.92. The zero-order valence-corrected chi connectivity index (χ0v) is 11.8. The van der Waals surface area contributed by atoms with Crippen LogP contribution in [0.5, 0.6) is 5.75 Å². The number of carbonyl (C=O) groups excluding carboxylic acids is 2. The smallest absolute Gasteiger partial charge is 0.310 e. The third-order valence-corrected chi connectivity index (χ3v) is 3.63. The summed E-state index contributed by atoms with van der Waals surface area (Å²) in [5.74, 6) is -0.818. The lowest BCUT2D eigenvalue weighted by atomic mass is 9.97. The van der Waals surface area contributed by atoms with Crippen molar-refractivity contribution in [2.45, 2.75) is 19.8 Å². The molecule has 1 aliphatic rings. The zero-order chi connectivity index (χ0) is 14.7. The van der Waals surface area contributed by atoms with Crippen LogP contribution in [0.1, 0.15) is 28.8 Å². The summed E-state index contributed by atoms with van der Waals surface area (Å²) in [4.78, 5) is 25.6. The first-order chi connectivity index (χ1) is 9.52. The molecule has 108 valence electrons. The molecule has 5 nitrogen and oxygen atoms in total. The van der Waals surface area contributed by atoms with Gasteiger partial charge in [0, 0.05) is 13.1 Å². The lowest BCUT2D eigenvalue weighted by Crippen LogP contribution is -2.42. The van der Waals surface area contributed by atoms with Gasteiger partial charge in [-0.1, -0.05) is 11.6 Å². The minimum absolute atomic E-state index is 0.0270. The van der Waals surface area contributed by atoms with Gasteiger partial charge in [0.15, 0.2) is 0 Å². The number of carbonyl (C=O) groups is 2. The van der Waals surface area contributed by atoms with E-state index in [4.69, 9.17) is 4.74 Å². The van der Waals surface area contributed by atoms with Crippen molar-refractivity contribution in [1.29, 1.82) is 0 Å².